The smallest absolute Gasteiger partial charge is 0.244 e. The van der Waals surface area contributed by atoms with Crippen molar-refractivity contribution in [3.05, 3.63) is 18.0 Å². The van der Waals surface area contributed by atoms with E-state index in [1.807, 2.05) is 6.92 Å². The maximum Gasteiger partial charge on any atom is 0.244 e. The standard InChI is InChI=1S/C14H26ClN3O2S/c1-4-17(5-2)8-7-9-18(6-3)21(19,20)14-10-13(11-15)16-12-14/h10,12,16H,4-9,11H2,1-3H3. The second-order valence-electron chi connectivity index (χ2n) is 4.87. The highest BCUT2D eigenvalue weighted by molar-refractivity contribution is 7.89. The third kappa shape index (κ3) is 4.98. The first-order chi connectivity index (χ1) is 9.99. The van der Waals surface area contributed by atoms with Crippen molar-refractivity contribution in [2.45, 2.75) is 38.0 Å². The predicted octanol–water partition coefficient (Wildman–Crippen LogP) is 2.50. The first-order valence-corrected chi connectivity index (χ1v) is 9.42. The lowest BCUT2D eigenvalue weighted by Gasteiger charge is -2.22. The summed E-state index contributed by atoms with van der Waals surface area (Å²) >= 11 is 5.71. The van der Waals surface area contributed by atoms with E-state index in [4.69, 9.17) is 11.6 Å². The Morgan fingerprint density at radius 1 is 1.14 bits per heavy atom. The Balaban J connectivity index is 2.69. The normalized spacial score (nSPS) is 12.5. The number of hydrogen-bond donors (Lipinski definition) is 1. The monoisotopic (exact) mass is 335 g/mol. The summed E-state index contributed by atoms with van der Waals surface area (Å²) in [6.45, 7) is 10.0. The molecule has 0 saturated carbocycles. The number of nitrogens with one attached hydrogen (secondary N) is 1. The summed E-state index contributed by atoms with van der Waals surface area (Å²) in [4.78, 5) is 5.48. The van der Waals surface area contributed by atoms with Gasteiger partial charge in [0, 0.05) is 25.0 Å². The van der Waals surface area contributed by atoms with Crippen molar-refractivity contribution in [3.8, 4) is 0 Å². The summed E-state index contributed by atoms with van der Waals surface area (Å²) in [6.07, 6.45) is 2.35. The van der Waals surface area contributed by atoms with E-state index in [2.05, 4.69) is 23.7 Å². The summed E-state index contributed by atoms with van der Waals surface area (Å²) in [5.74, 6) is 0.281. The molecule has 0 aromatic carbocycles. The van der Waals surface area contributed by atoms with Gasteiger partial charge >= 0.3 is 0 Å². The first-order valence-electron chi connectivity index (χ1n) is 7.45. The zero-order valence-electron chi connectivity index (χ0n) is 13.1. The van der Waals surface area contributed by atoms with E-state index in [0.29, 0.717) is 18.0 Å². The van der Waals surface area contributed by atoms with Crippen LogP contribution in [0.5, 0.6) is 0 Å². The summed E-state index contributed by atoms with van der Waals surface area (Å²) in [7, 11) is -3.43. The lowest BCUT2D eigenvalue weighted by atomic mass is 10.3. The lowest BCUT2D eigenvalue weighted by molar-refractivity contribution is 0.285. The van der Waals surface area contributed by atoms with Crippen LogP contribution in [0.4, 0.5) is 0 Å². The van der Waals surface area contributed by atoms with Gasteiger partial charge < -0.3 is 9.88 Å². The zero-order chi connectivity index (χ0) is 15.9. The largest absolute Gasteiger partial charge is 0.363 e. The Hall–Kier alpha value is -0.560. The molecule has 0 fully saturated rings. The molecule has 7 heteroatoms. The van der Waals surface area contributed by atoms with Crippen molar-refractivity contribution in [2.24, 2.45) is 0 Å². The van der Waals surface area contributed by atoms with Gasteiger partial charge in [0.25, 0.3) is 0 Å². The molecule has 0 aliphatic rings. The van der Waals surface area contributed by atoms with E-state index in [1.165, 1.54) is 10.5 Å². The maximum atomic E-state index is 12.6. The summed E-state index contributed by atoms with van der Waals surface area (Å²) < 4.78 is 26.6. The highest BCUT2D eigenvalue weighted by Gasteiger charge is 2.23. The molecule has 0 unspecified atom stereocenters. The highest BCUT2D eigenvalue weighted by Crippen LogP contribution is 2.18. The fourth-order valence-electron chi connectivity index (χ4n) is 2.25. The van der Waals surface area contributed by atoms with Crippen molar-refractivity contribution in [1.82, 2.24) is 14.2 Å². The molecule has 0 saturated heterocycles. The minimum atomic E-state index is -3.43. The van der Waals surface area contributed by atoms with Crippen LogP contribution in [0.15, 0.2) is 17.2 Å². The highest BCUT2D eigenvalue weighted by atomic mass is 35.5. The quantitative estimate of drug-likeness (QED) is 0.668. The number of hydrogen-bond acceptors (Lipinski definition) is 3. The molecule has 21 heavy (non-hydrogen) atoms. The molecule has 0 bridgehead atoms. The molecule has 0 atom stereocenters. The molecule has 1 heterocycles. The predicted molar refractivity (Wildman–Crippen MR) is 87.2 cm³/mol. The van der Waals surface area contributed by atoms with Crippen molar-refractivity contribution < 1.29 is 8.42 Å². The van der Waals surface area contributed by atoms with Gasteiger partial charge in [0.15, 0.2) is 0 Å². The molecule has 0 amide bonds. The number of nitrogens with zero attached hydrogens (tertiary/aromatic N) is 2. The topological polar surface area (TPSA) is 56.4 Å². The molecular weight excluding hydrogens is 310 g/mol. The van der Waals surface area contributed by atoms with Crippen LogP contribution in [0, 0.1) is 0 Å². The van der Waals surface area contributed by atoms with Gasteiger partial charge in [-0.15, -0.1) is 11.6 Å². The Morgan fingerprint density at radius 2 is 1.81 bits per heavy atom. The van der Waals surface area contributed by atoms with Crippen LogP contribution >= 0.6 is 11.6 Å². The maximum absolute atomic E-state index is 12.6. The number of alkyl halides is 1. The molecule has 0 aliphatic heterocycles. The van der Waals surface area contributed by atoms with Crippen LogP contribution in [-0.2, 0) is 15.9 Å². The van der Waals surface area contributed by atoms with Gasteiger partial charge in [-0.2, -0.15) is 4.31 Å². The fourth-order valence-corrected chi connectivity index (χ4v) is 3.91. The van der Waals surface area contributed by atoms with E-state index in [0.717, 1.165) is 31.7 Å². The summed E-state index contributed by atoms with van der Waals surface area (Å²) in [5.41, 5.74) is 0.717. The minimum absolute atomic E-state index is 0.281. The zero-order valence-corrected chi connectivity index (χ0v) is 14.7. The third-order valence-corrected chi connectivity index (χ3v) is 5.87. The van der Waals surface area contributed by atoms with E-state index >= 15 is 0 Å². The van der Waals surface area contributed by atoms with Crippen molar-refractivity contribution in [2.75, 3.05) is 32.7 Å². The molecule has 0 aliphatic carbocycles. The molecule has 5 nitrogen and oxygen atoms in total. The Bertz CT molecular complexity index is 512. The van der Waals surface area contributed by atoms with Gasteiger partial charge in [-0.25, -0.2) is 8.42 Å². The SMILES string of the molecule is CCN(CC)CCCN(CC)S(=O)(=O)c1c[nH]c(CCl)c1. The van der Waals surface area contributed by atoms with Crippen LogP contribution in [0.25, 0.3) is 0 Å². The average Bonchev–Trinajstić information content (AvgIpc) is 2.97. The van der Waals surface area contributed by atoms with Gasteiger partial charge in [-0.1, -0.05) is 20.8 Å². The van der Waals surface area contributed by atoms with Crippen LogP contribution in [0.1, 0.15) is 32.9 Å². The second-order valence-corrected chi connectivity index (χ2v) is 7.08. The van der Waals surface area contributed by atoms with Gasteiger partial charge in [0.1, 0.15) is 0 Å². The average molecular weight is 336 g/mol. The first kappa shape index (κ1) is 18.5. The number of aromatic amines is 1. The number of H-pyrrole nitrogens is 1. The Labute approximate surface area is 133 Å². The van der Waals surface area contributed by atoms with E-state index in [-0.39, 0.29) is 5.88 Å². The van der Waals surface area contributed by atoms with Crippen LogP contribution < -0.4 is 0 Å². The van der Waals surface area contributed by atoms with Crippen molar-refractivity contribution >= 4 is 21.6 Å². The number of sulfonamides is 1. The lowest BCUT2D eigenvalue weighted by Crippen LogP contribution is -2.34. The van der Waals surface area contributed by atoms with E-state index < -0.39 is 10.0 Å². The summed E-state index contributed by atoms with van der Waals surface area (Å²) in [5, 5.41) is 0. The number of rotatable bonds is 10. The number of halogens is 1. The van der Waals surface area contributed by atoms with Crippen molar-refractivity contribution in [1.29, 1.82) is 0 Å². The molecule has 1 aromatic rings. The Kier molecular flexibility index (Phi) is 7.73. The summed E-state index contributed by atoms with van der Waals surface area (Å²) in [6, 6.07) is 1.61. The van der Waals surface area contributed by atoms with Crippen molar-refractivity contribution in [3.63, 3.8) is 0 Å². The van der Waals surface area contributed by atoms with Crippen LogP contribution in [-0.4, -0.2) is 55.3 Å². The number of aromatic nitrogens is 1. The van der Waals surface area contributed by atoms with Gasteiger partial charge in [0.2, 0.25) is 10.0 Å². The molecular formula is C14H26ClN3O2S. The second kappa shape index (κ2) is 8.78. The van der Waals surface area contributed by atoms with E-state index in [1.54, 1.807) is 6.07 Å². The molecule has 0 radical (unpaired) electrons. The molecule has 1 rings (SSSR count). The minimum Gasteiger partial charge on any atom is -0.363 e. The Morgan fingerprint density at radius 3 is 2.29 bits per heavy atom. The van der Waals surface area contributed by atoms with Gasteiger partial charge in [-0.3, -0.25) is 0 Å². The molecule has 1 aromatic heterocycles. The molecule has 0 spiro atoms. The fraction of sp³-hybridized carbons (Fsp3) is 0.714. The molecule has 122 valence electrons. The third-order valence-electron chi connectivity index (χ3n) is 3.63. The van der Waals surface area contributed by atoms with Gasteiger partial charge in [0.05, 0.1) is 10.8 Å². The van der Waals surface area contributed by atoms with Gasteiger partial charge in [-0.05, 0) is 32.1 Å². The van der Waals surface area contributed by atoms with Crippen LogP contribution in [0.3, 0.4) is 0 Å². The van der Waals surface area contributed by atoms with Crippen LogP contribution in [0.2, 0.25) is 0 Å². The van der Waals surface area contributed by atoms with E-state index in [9.17, 15) is 8.42 Å². The molecule has 1 N–H and O–H groups in total.